The van der Waals surface area contributed by atoms with E-state index in [1.165, 1.54) is 22.0 Å². The van der Waals surface area contributed by atoms with Gasteiger partial charge in [0.15, 0.2) is 11.5 Å². The van der Waals surface area contributed by atoms with Crippen molar-refractivity contribution in [2.75, 3.05) is 20.8 Å². The fourth-order valence-corrected chi connectivity index (χ4v) is 3.25. The number of hydrogen-bond acceptors (Lipinski definition) is 3. The fourth-order valence-electron chi connectivity index (χ4n) is 3.25. The first-order chi connectivity index (χ1) is 12.5. The molecule has 0 atom stereocenters. The minimum atomic E-state index is -0.125. The third-order valence-electron chi connectivity index (χ3n) is 4.67. The van der Waals surface area contributed by atoms with E-state index in [1.807, 2.05) is 0 Å². The maximum absolute atomic E-state index is 12.4. The van der Waals surface area contributed by atoms with Gasteiger partial charge < -0.3 is 19.8 Å². The number of ether oxygens (including phenoxy) is 2. The largest absolute Gasteiger partial charge is 0.493 e. The number of carbonyl (C=O) groups is 1. The molecule has 3 aromatic rings. The molecule has 0 spiro atoms. The summed E-state index contributed by atoms with van der Waals surface area (Å²) in [4.78, 5) is 15.9. The minimum absolute atomic E-state index is 0.125. The lowest BCUT2D eigenvalue weighted by Gasteiger charge is -2.10. The summed E-state index contributed by atoms with van der Waals surface area (Å²) in [6.45, 7) is 4.74. The van der Waals surface area contributed by atoms with Gasteiger partial charge in [-0.15, -0.1) is 0 Å². The Morgan fingerprint density at radius 3 is 2.58 bits per heavy atom. The number of amides is 1. The summed E-state index contributed by atoms with van der Waals surface area (Å²) in [5, 5.41) is 4.21. The van der Waals surface area contributed by atoms with Crippen molar-refractivity contribution in [3.05, 3.63) is 58.8 Å². The van der Waals surface area contributed by atoms with Crippen LogP contribution in [0.1, 0.15) is 27.2 Å². The number of H-pyrrole nitrogens is 1. The second kappa shape index (κ2) is 7.52. The highest BCUT2D eigenvalue weighted by molar-refractivity contribution is 5.95. The van der Waals surface area contributed by atoms with Crippen molar-refractivity contribution in [2.24, 2.45) is 0 Å². The van der Waals surface area contributed by atoms with Crippen molar-refractivity contribution in [3.63, 3.8) is 0 Å². The fraction of sp³-hybridized carbons (Fsp3) is 0.286. The highest BCUT2D eigenvalue weighted by Gasteiger charge is 2.12. The maximum Gasteiger partial charge on any atom is 0.251 e. The molecule has 5 nitrogen and oxygen atoms in total. The van der Waals surface area contributed by atoms with Gasteiger partial charge in [-0.25, -0.2) is 0 Å². The first-order valence-electron chi connectivity index (χ1n) is 8.62. The number of para-hydroxylation sites is 1. The van der Waals surface area contributed by atoms with Gasteiger partial charge in [-0.05, 0) is 49.6 Å². The second-order valence-corrected chi connectivity index (χ2v) is 6.30. The normalized spacial score (nSPS) is 10.8. The van der Waals surface area contributed by atoms with Crippen LogP contribution in [-0.4, -0.2) is 31.7 Å². The summed E-state index contributed by atoms with van der Waals surface area (Å²) in [6, 6.07) is 11.4. The highest BCUT2D eigenvalue weighted by Crippen LogP contribution is 2.27. The summed E-state index contributed by atoms with van der Waals surface area (Å²) in [7, 11) is 3.13. The van der Waals surface area contributed by atoms with Crippen LogP contribution in [0, 0.1) is 13.8 Å². The molecule has 2 N–H and O–H groups in total. The third-order valence-corrected chi connectivity index (χ3v) is 4.67. The number of carbonyl (C=O) groups excluding carboxylic acids is 1. The molecule has 1 aromatic heterocycles. The van der Waals surface area contributed by atoms with Crippen LogP contribution < -0.4 is 14.8 Å². The van der Waals surface area contributed by atoms with Gasteiger partial charge in [0.1, 0.15) is 0 Å². The third kappa shape index (κ3) is 3.38. The molecular weight excluding hydrogens is 328 g/mol. The summed E-state index contributed by atoms with van der Waals surface area (Å²) < 4.78 is 10.5. The number of nitrogens with one attached hydrogen (secondary N) is 2. The molecule has 1 amide bonds. The lowest BCUT2D eigenvalue weighted by molar-refractivity contribution is 0.0953. The Kier molecular flexibility index (Phi) is 5.16. The van der Waals surface area contributed by atoms with Crippen LogP contribution in [0.15, 0.2) is 36.4 Å². The van der Waals surface area contributed by atoms with Crippen molar-refractivity contribution >= 4 is 16.8 Å². The minimum Gasteiger partial charge on any atom is -0.493 e. The van der Waals surface area contributed by atoms with Crippen LogP contribution in [0.2, 0.25) is 0 Å². The Balaban J connectivity index is 1.70. The molecular formula is C21H24N2O3. The topological polar surface area (TPSA) is 63.3 Å². The van der Waals surface area contributed by atoms with Crippen molar-refractivity contribution in [2.45, 2.75) is 20.3 Å². The Morgan fingerprint density at radius 2 is 1.85 bits per heavy atom. The summed E-state index contributed by atoms with van der Waals surface area (Å²) in [6.07, 6.45) is 0.772. The van der Waals surface area contributed by atoms with Crippen LogP contribution in [0.4, 0.5) is 0 Å². The van der Waals surface area contributed by atoms with Crippen molar-refractivity contribution in [3.8, 4) is 11.5 Å². The maximum atomic E-state index is 12.4. The molecule has 0 unspecified atom stereocenters. The Bertz CT molecular complexity index is 944. The van der Waals surface area contributed by atoms with E-state index in [2.05, 4.69) is 42.3 Å². The Hall–Kier alpha value is -2.95. The summed E-state index contributed by atoms with van der Waals surface area (Å²) >= 11 is 0. The standard InChI is InChI=1S/C21H24N2O3/c1-13-6-5-7-17-16(14(2)23-20(13)17)10-11-22-21(24)15-8-9-18(25-3)19(12-15)26-4/h5-9,12,23H,10-11H2,1-4H3,(H,22,24). The summed E-state index contributed by atoms with van der Waals surface area (Å²) in [5.41, 5.74) is 5.34. The monoisotopic (exact) mass is 352 g/mol. The van der Waals surface area contributed by atoms with Crippen molar-refractivity contribution in [1.82, 2.24) is 10.3 Å². The van der Waals surface area contributed by atoms with Gasteiger partial charge in [-0.2, -0.15) is 0 Å². The quantitative estimate of drug-likeness (QED) is 0.710. The molecule has 0 aliphatic rings. The van der Waals surface area contributed by atoms with Gasteiger partial charge in [0.05, 0.1) is 14.2 Å². The molecule has 5 heteroatoms. The number of benzene rings is 2. The van der Waals surface area contributed by atoms with E-state index in [0.717, 1.165) is 12.1 Å². The van der Waals surface area contributed by atoms with Crippen LogP contribution >= 0.6 is 0 Å². The Morgan fingerprint density at radius 1 is 1.08 bits per heavy atom. The molecule has 0 saturated carbocycles. The van der Waals surface area contributed by atoms with Crippen molar-refractivity contribution in [1.29, 1.82) is 0 Å². The van der Waals surface area contributed by atoms with E-state index >= 15 is 0 Å². The smallest absolute Gasteiger partial charge is 0.251 e. The molecule has 2 aromatic carbocycles. The molecule has 0 aliphatic carbocycles. The van der Waals surface area contributed by atoms with E-state index in [-0.39, 0.29) is 5.91 Å². The van der Waals surface area contributed by atoms with E-state index in [9.17, 15) is 4.79 Å². The lowest BCUT2D eigenvalue weighted by Crippen LogP contribution is -2.25. The van der Waals surface area contributed by atoms with Crippen LogP contribution in [-0.2, 0) is 6.42 Å². The van der Waals surface area contributed by atoms with E-state index in [0.29, 0.717) is 23.6 Å². The van der Waals surface area contributed by atoms with Gasteiger partial charge in [-0.1, -0.05) is 18.2 Å². The predicted molar refractivity (Wildman–Crippen MR) is 103 cm³/mol. The van der Waals surface area contributed by atoms with E-state index < -0.39 is 0 Å². The number of aromatic amines is 1. The number of aryl methyl sites for hydroxylation is 2. The Labute approximate surface area is 153 Å². The molecule has 26 heavy (non-hydrogen) atoms. The van der Waals surface area contributed by atoms with Crippen LogP contribution in [0.3, 0.4) is 0 Å². The number of aromatic nitrogens is 1. The van der Waals surface area contributed by atoms with Gasteiger partial charge in [0.2, 0.25) is 0 Å². The van der Waals surface area contributed by atoms with Gasteiger partial charge in [-0.3, -0.25) is 4.79 Å². The first kappa shape index (κ1) is 17.9. The molecule has 0 aliphatic heterocycles. The number of rotatable bonds is 6. The van der Waals surface area contributed by atoms with Crippen LogP contribution in [0.25, 0.3) is 10.9 Å². The second-order valence-electron chi connectivity index (χ2n) is 6.30. The van der Waals surface area contributed by atoms with Crippen molar-refractivity contribution < 1.29 is 14.3 Å². The lowest BCUT2D eigenvalue weighted by atomic mass is 10.1. The first-order valence-corrected chi connectivity index (χ1v) is 8.62. The zero-order chi connectivity index (χ0) is 18.7. The molecule has 0 radical (unpaired) electrons. The molecule has 0 bridgehead atoms. The SMILES string of the molecule is COc1ccc(C(=O)NCCc2c(C)[nH]c3c(C)cccc23)cc1OC. The van der Waals surface area contributed by atoms with Gasteiger partial charge in [0, 0.05) is 28.7 Å². The zero-order valence-corrected chi connectivity index (χ0v) is 15.6. The van der Waals surface area contributed by atoms with Crippen LogP contribution in [0.5, 0.6) is 11.5 Å². The van der Waals surface area contributed by atoms with E-state index in [1.54, 1.807) is 32.4 Å². The molecule has 136 valence electrons. The predicted octanol–water partition coefficient (Wildman–Crippen LogP) is 3.77. The number of methoxy groups -OCH3 is 2. The number of hydrogen-bond donors (Lipinski definition) is 2. The molecule has 0 fully saturated rings. The molecule has 1 heterocycles. The molecule has 3 rings (SSSR count). The molecule has 0 saturated heterocycles. The van der Waals surface area contributed by atoms with Gasteiger partial charge >= 0.3 is 0 Å². The van der Waals surface area contributed by atoms with E-state index in [4.69, 9.17) is 9.47 Å². The zero-order valence-electron chi connectivity index (χ0n) is 15.6. The average molecular weight is 352 g/mol. The van der Waals surface area contributed by atoms with Gasteiger partial charge in [0.25, 0.3) is 5.91 Å². The summed E-state index contributed by atoms with van der Waals surface area (Å²) in [5.74, 6) is 1.02. The highest BCUT2D eigenvalue weighted by atomic mass is 16.5. The average Bonchev–Trinajstić information content (AvgIpc) is 2.98. The number of fused-ring (bicyclic) bond motifs is 1.